The summed E-state index contributed by atoms with van der Waals surface area (Å²) in [6.07, 6.45) is 1.40. The standard InChI is InChI=1S/C13H20N2O2S2/c1-4-5-12(13(14)18)15-19(16,17)11-7-6-9(2)10(3)8-11/h6-8,12,15H,4-5H2,1-3H3,(H2,14,18). The predicted molar refractivity (Wildman–Crippen MR) is 81.7 cm³/mol. The molecule has 0 aromatic heterocycles. The Balaban J connectivity index is 3.03. The van der Waals surface area contributed by atoms with Crippen LogP contribution in [-0.4, -0.2) is 19.4 Å². The first-order valence-electron chi connectivity index (χ1n) is 6.17. The highest BCUT2D eigenvalue weighted by Gasteiger charge is 2.21. The molecule has 3 N–H and O–H groups in total. The van der Waals surface area contributed by atoms with Gasteiger partial charge in [-0.1, -0.05) is 31.6 Å². The highest BCUT2D eigenvalue weighted by atomic mass is 32.2. The molecule has 4 nitrogen and oxygen atoms in total. The van der Waals surface area contributed by atoms with Crippen LogP contribution in [0.15, 0.2) is 23.1 Å². The summed E-state index contributed by atoms with van der Waals surface area (Å²) in [4.78, 5) is 0.419. The molecule has 106 valence electrons. The van der Waals surface area contributed by atoms with E-state index in [-0.39, 0.29) is 9.88 Å². The van der Waals surface area contributed by atoms with E-state index in [1.54, 1.807) is 18.2 Å². The Labute approximate surface area is 120 Å². The molecule has 0 radical (unpaired) electrons. The molecule has 0 saturated carbocycles. The zero-order valence-electron chi connectivity index (χ0n) is 11.4. The van der Waals surface area contributed by atoms with Crippen molar-refractivity contribution in [3.05, 3.63) is 29.3 Å². The van der Waals surface area contributed by atoms with Gasteiger partial charge in [-0.25, -0.2) is 13.1 Å². The van der Waals surface area contributed by atoms with Gasteiger partial charge in [0, 0.05) is 0 Å². The van der Waals surface area contributed by atoms with Crippen LogP contribution in [0, 0.1) is 13.8 Å². The first-order chi connectivity index (χ1) is 8.77. The number of nitrogens with two attached hydrogens (primary N) is 1. The van der Waals surface area contributed by atoms with Gasteiger partial charge in [-0.05, 0) is 43.5 Å². The molecule has 1 unspecified atom stereocenters. The van der Waals surface area contributed by atoms with Crippen molar-refractivity contribution in [3.8, 4) is 0 Å². The lowest BCUT2D eigenvalue weighted by Crippen LogP contribution is -2.43. The van der Waals surface area contributed by atoms with Crippen molar-refractivity contribution >= 4 is 27.2 Å². The van der Waals surface area contributed by atoms with Crippen molar-refractivity contribution in [2.75, 3.05) is 0 Å². The summed E-state index contributed by atoms with van der Waals surface area (Å²) in [5, 5.41) is 0. The Morgan fingerprint density at radius 1 is 1.37 bits per heavy atom. The summed E-state index contributed by atoms with van der Waals surface area (Å²) in [7, 11) is -3.58. The Morgan fingerprint density at radius 2 is 2.00 bits per heavy atom. The van der Waals surface area contributed by atoms with E-state index in [1.807, 2.05) is 20.8 Å². The zero-order valence-corrected chi connectivity index (χ0v) is 13.1. The molecule has 1 aromatic carbocycles. The van der Waals surface area contributed by atoms with Gasteiger partial charge in [0.1, 0.15) is 0 Å². The summed E-state index contributed by atoms with van der Waals surface area (Å²) in [5.74, 6) is 0. The normalized spacial score (nSPS) is 13.2. The topological polar surface area (TPSA) is 72.2 Å². The van der Waals surface area contributed by atoms with Crippen LogP contribution in [0.1, 0.15) is 30.9 Å². The average molecular weight is 300 g/mol. The number of hydrogen-bond acceptors (Lipinski definition) is 3. The second-order valence-corrected chi connectivity index (χ2v) is 6.80. The molecule has 0 aliphatic rings. The van der Waals surface area contributed by atoms with E-state index in [4.69, 9.17) is 18.0 Å². The van der Waals surface area contributed by atoms with Gasteiger partial charge in [0.2, 0.25) is 10.0 Å². The number of sulfonamides is 1. The van der Waals surface area contributed by atoms with E-state index in [9.17, 15) is 8.42 Å². The van der Waals surface area contributed by atoms with Gasteiger partial charge in [-0.3, -0.25) is 0 Å². The molecule has 19 heavy (non-hydrogen) atoms. The molecule has 0 heterocycles. The van der Waals surface area contributed by atoms with Gasteiger partial charge < -0.3 is 5.73 Å². The molecule has 6 heteroatoms. The van der Waals surface area contributed by atoms with Crippen molar-refractivity contribution in [2.24, 2.45) is 5.73 Å². The van der Waals surface area contributed by atoms with Gasteiger partial charge in [-0.2, -0.15) is 0 Å². The summed E-state index contributed by atoms with van der Waals surface area (Å²) in [5.41, 5.74) is 7.56. The Bertz CT molecular complexity index is 568. The van der Waals surface area contributed by atoms with E-state index < -0.39 is 16.1 Å². The minimum Gasteiger partial charge on any atom is -0.392 e. The minimum atomic E-state index is -3.58. The van der Waals surface area contributed by atoms with E-state index in [2.05, 4.69) is 4.72 Å². The van der Waals surface area contributed by atoms with Gasteiger partial charge in [0.25, 0.3) is 0 Å². The molecule has 0 spiro atoms. The quantitative estimate of drug-likeness (QED) is 0.789. The van der Waals surface area contributed by atoms with Crippen molar-refractivity contribution in [1.29, 1.82) is 0 Å². The molecule has 1 aromatic rings. The van der Waals surface area contributed by atoms with Crippen LogP contribution in [0.4, 0.5) is 0 Å². The SMILES string of the molecule is CCCC(NS(=O)(=O)c1ccc(C)c(C)c1)C(N)=S. The number of rotatable bonds is 6. The zero-order chi connectivity index (χ0) is 14.6. The maximum atomic E-state index is 12.3. The van der Waals surface area contributed by atoms with E-state index in [0.29, 0.717) is 6.42 Å². The molecule has 0 aliphatic heterocycles. The monoisotopic (exact) mass is 300 g/mol. The minimum absolute atomic E-state index is 0.175. The lowest BCUT2D eigenvalue weighted by Gasteiger charge is -2.17. The van der Waals surface area contributed by atoms with E-state index in [0.717, 1.165) is 17.5 Å². The largest absolute Gasteiger partial charge is 0.392 e. The molecule has 1 rings (SSSR count). The van der Waals surface area contributed by atoms with Gasteiger partial charge in [-0.15, -0.1) is 0 Å². The third-order valence-electron chi connectivity index (χ3n) is 3.01. The van der Waals surface area contributed by atoms with Gasteiger partial charge >= 0.3 is 0 Å². The van der Waals surface area contributed by atoms with Crippen LogP contribution in [0.2, 0.25) is 0 Å². The summed E-state index contributed by atoms with van der Waals surface area (Å²) < 4.78 is 27.1. The maximum Gasteiger partial charge on any atom is 0.241 e. The lowest BCUT2D eigenvalue weighted by molar-refractivity contribution is 0.567. The van der Waals surface area contributed by atoms with Crippen molar-refractivity contribution in [1.82, 2.24) is 4.72 Å². The van der Waals surface area contributed by atoms with Gasteiger partial charge in [0.15, 0.2) is 0 Å². The molecule has 0 aliphatic carbocycles. The third-order valence-corrected chi connectivity index (χ3v) is 4.76. The number of thiocarbonyl (C=S) groups is 1. The lowest BCUT2D eigenvalue weighted by atomic mass is 10.1. The Kier molecular flexibility index (Phi) is 5.46. The van der Waals surface area contributed by atoms with Crippen LogP contribution in [0.3, 0.4) is 0 Å². The summed E-state index contributed by atoms with van der Waals surface area (Å²) in [6, 6.07) is 4.54. The predicted octanol–water partition coefficient (Wildman–Crippen LogP) is 2.04. The van der Waals surface area contributed by atoms with E-state index >= 15 is 0 Å². The maximum absolute atomic E-state index is 12.3. The molecule has 0 amide bonds. The fourth-order valence-corrected chi connectivity index (χ4v) is 3.27. The third kappa shape index (κ3) is 4.26. The summed E-state index contributed by atoms with van der Waals surface area (Å²) >= 11 is 4.90. The highest BCUT2D eigenvalue weighted by molar-refractivity contribution is 7.89. The van der Waals surface area contributed by atoms with Crippen molar-refractivity contribution in [3.63, 3.8) is 0 Å². The number of nitrogens with one attached hydrogen (secondary N) is 1. The number of aryl methyl sites for hydroxylation is 2. The molecule has 1 atom stereocenters. The van der Waals surface area contributed by atoms with E-state index in [1.165, 1.54) is 0 Å². The molecule has 0 saturated heterocycles. The second-order valence-electron chi connectivity index (χ2n) is 4.61. The van der Waals surface area contributed by atoms with Crippen molar-refractivity contribution in [2.45, 2.75) is 44.6 Å². The Morgan fingerprint density at radius 3 is 2.47 bits per heavy atom. The first-order valence-corrected chi connectivity index (χ1v) is 8.06. The molecular formula is C13H20N2O2S2. The van der Waals surface area contributed by atoms with Gasteiger partial charge in [0.05, 0.1) is 15.9 Å². The van der Waals surface area contributed by atoms with Crippen LogP contribution in [-0.2, 0) is 10.0 Å². The molecule has 0 bridgehead atoms. The van der Waals surface area contributed by atoms with Crippen LogP contribution < -0.4 is 10.5 Å². The highest BCUT2D eigenvalue weighted by Crippen LogP contribution is 2.15. The first kappa shape index (κ1) is 16.1. The van der Waals surface area contributed by atoms with Crippen LogP contribution in [0.25, 0.3) is 0 Å². The van der Waals surface area contributed by atoms with Crippen molar-refractivity contribution < 1.29 is 8.42 Å². The fourth-order valence-electron chi connectivity index (χ4n) is 1.68. The second kappa shape index (κ2) is 6.45. The number of hydrogen-bond donors (Lipinski definition) is 2. The molecule has 0 fully saturated rings. The molecular weight excluding hydrogens is 280 g/mol. The number of benzene rings is 1. The van der Waals surface area contributed by atoms with Crippen LogP contribution >= 0.6 is 12.2 Å². The summed E-state index contributed by atoms with van der Waals surface area (Å²) in [6.45, 7) is 5.77. The average Bonchev–Trinajstić information content (AvgIpc) is 2.31. The fraction of sp³-hybridized carbons (Fsp3) is 0.462. The smallest absolute Gasteiger partial charge is 0.241 e. The Hall–Kier alpha value is -0.980. The van der Waals surface area contributed by atoms with Crippen LogP contribution in [0.5, 0.6) is 0 Å².